The molecule has 3 saturated heterocycles. The maximum Gasteiger partial charge on any atom is 0.490 e. The number of halogens is 3. The third-order valence-corrected chi connectivity index (χ3v) is 7.01. The molecule has 1 aromatic heterocycles. The molecule has 1 unspecified atom stereocenters. The summed E-state index contributed by atoms with van der Waals surface area (Å²) < 4.78 is 34.9. The number of para-hydroxylation sites is 1. The van der Waals surface area contributed by atoms with Crippen LogP contribution >= 0.6 is 0 Å². The minimum atomic E-state index is -5.08. The van der Waals surface area contributed by atoms with Gasteiger partial charge in [0, 0.05) is 39.6 Å². The Morgan fingerprint density at radius 1 is 1.14 bits per heavy atom. The summed E-state index contributed by atoms with van der Waals surface area (Å²) in [6.07, 6.45) is -2.18. The molecule has 190 valence electrons. The SMILES string of the molecule is Cn1c(=O)n(C2CCC(=O)NC2=O)c2cccc(N3CCC4(CC3)CNC4)c21.O=C(O)C(F)(F)F. The van der Waals surface area contributed by atoms with Crippen LogP contribution < -0.4 is 21.2 Å². The van der Waals surface area contributed by atoms with Gasteiger partial charge in [-0.3, -0.25) is 24.0 Å². The number of rotatable bonds is 2. The molecule has 4 heterocycles. The second-order valence-electron chi connectivity index (χ2n) is 9.22. The summed E-state index contributed by atoms with van der Waals surface area (Å²) in [6.45, 7) is 4.15. The van der Waals surface area contributed by atoms with Crippen molar-refractivity contribution in [2.75, 3.05) is 31.1 Å². The van der Waals surface area contributed by atoms with Gasteiger partial charge in [0.2, 0.25) is 11.8 Å². The van der Waals surface area contributed by atoms with Gasteiger partial charge in [-0.2, -0.15) is 13.2 Å². The summed E-state index contributed by atoms with van der Waals surface area (Å²) in [6, 6.07) is 5.27. The number of fused-ring (bicyclic) bond motifs is 1. The summed E-state index contributed by atoms with van der Waals surface area (Å²) in [5.41, 5.74) is 2.90. The Bertz CT molecular complexity index is 1220. The van der Waals surface area contributed by atoms with Crippen LogP contribution in [0.4, 0.5) is 18.9 Å². The predicted octanol–water partition coefficient (Wildman–Crippen LogP) is 1.14. The lowest BCUT2D eigenvalue weighted by molar-refractivity contribution is -0.192. The highest BCUT2D eigenvalue weighted by Crippen LogP contribution is 2.38. The van der Waals surface area contributed by atoms with Crippen molar-refractivity contribution in [3.8, 4) is 0 Å². The van der Waals surface area contributed by atoms with Crippen LogP contribution in [0.2, 0.25) is 0 Å². The molecule has 3 N–H and O–H groups in total. The smallest absolute Gasteiger partial charge is 0.475 e. The zero-order valence-corrected chi connectivity index (χ0v) is 19.0. The maximum absolute atomic E-state index is 13.0. The molecule has 10 nitrogen and oxygen atoms in total. The number of carbonyl (C=O) groups is 3. The second kappa shape index (κ2) is 9.02. The van der Waals surface area contributed by atoms with E-state index in [2.05, 4.69) is 21.6 Å². The molecule has 0 radical (unpaired) electrons. The van der Waals surface area contributed by atoms with Crippen LogP contribution in [-0.4, -0.2) is 64.4 Å². The Kier molecular flexibility index (Phi) is 6.38. The fourth-order valence-corrected chi connectivity index (χ4v) is 4.96. The first-order valence-corrected chi connectivity index (χ1v) is 11.2. The fraction of sp³-hybridized carbons (Fsp3) is 0.545. The van der Waals surface area contributed by atoms with Crippen LogP contribution in [0.1, 0.15) is 31.7 Å². The molecule has 3 aliphatic rings. The third kappa shape index (κ3) is 4.64. The van der Waals surface area contributed by atoms with E-state index in [0.29, 0.717) is 11.8 Å². The zero-order chi connectivity index (χ0) is 25.5. The highest BCUT2D eigenvalue weighted by atomic mass is 19.4. The van der Waals surface area contributed by atoms with Gasteiger partial charge in [0.1, 0.15) is 6.04 Å². The number of benzene rings is 1. The molecule has 5 rings (SSSR count). The van der Waals surface area contributed by atoms with Crippen molar-refractivity contribution in [3.05, 3.63) is 28.7 Å². The first-order valence-electron chi connectivity index (χ1n) is 11.2. The minimum Gasteiger partial charge on any atom is -0.475 e. The largest absolute Gasteiger partial charge is 0.490 e. The minimum absolute atomic E-state index is 0.214. The number of imide groups is 1. The Hall–Kier alpha value is -3.35. The van der Waals surface area contributed by atoms with Crippen LogP contribution in [0.25, 0.3) is 11.0 Å². The molecule has 13 heteroatoms. The van der Waals surface area contributed by atoms with E-state index in [4.69, 9.17) is 9.90 Å². The topological polar surface area (TPSA) is 126 Å². The molecule has 0 bridgehead atoms. The van der Waals surface area contributed by atoms with Gasteiger partial charge in [-0.25, -0.2) is 9.59 Å². The van der Waals surface area contributed by atoms with E-state index in [0.717, 1.165) is 55.7 Å². The molecule has 0 saturated carbocycles. The van der Waals surface area contributed by atoms with Gasteiger partial charge in [-0.15, -0.1) is 0 Å². The van der Waals surface area contributed by atoms with E-state index in [1.165, 1.54) is 0 Å². The Morgan fingerprint density at radius 3 is 2.29 bits per heavy atom. The number of amides is 2. The number of carbonyl (C=O) groups excluding carboxylic acids is 2. The number of alkyl halides is 3. The van der Waals surface area contributed by atoms with Gasteiger partial charge >= 0.3 is 17.8 Å². The van der Waals surface area contributed by atoms with E-state index in [-0.39, 0.29) is 18.0 Å². The summed E-state index contributed by atoms with van der Waals surface area (Å²) in [5.74, 6) is -3.43. The number of imidazole rings is 1. The van der Waals surface area contributed by atoms with Gasteiger partial charge in [0.15, 0.2) is 0 Å². The summed E-state index contributed by atoms with van der Waals surface area (Å²) in [5, 5.41) is 12.9. The second-order valence-corrected chi connectivity index (χ2v) is 9.22. The monoisotopic (exact) mass is 497 g/mol. The van der Waals surface area contributed by atoms with E-state index in [1.807, 2.05) is 12.1 Å². The van der Waals surface area contributed by atoms with Crippen molar-refractivity contribution in [1.82, 2.24) is 19.8 Å². The van der Waals surface area contributed by atoms with Crippen LogP contribution in [0.3, 0.4) is 0 Å². The maximum atomic E-state index is 13.0. The van der Waals surface area contributed by atoms with Crippen LogP contribution in [0.5, 0.6) is 0 Å². The number of carboxylic acids is 1. The van der Waals surface area contributed by atoms with Crippen molar-refractivity contribution in [1.29, 1.82) is 0 Å². The van der Waals surface area contributed by atoms with E-state index in [9.17, 15) is 27.6 Å². The molecule has 2 aromatic rings. The molecule has 3 fully saturated rings. The molecule has 35 heavy (non-hydrogen) atoms. The van der Waals surface area contributed by atoms with E-state index >= 15 is 0 Å². The molecule has 0 aliphatic carbocycles. The number of piperidine rings is 2. The van der Waals surface area contributed by atoms with Crippen LogP contribution in [-0.2, 0) is 21.4 Å². The summed E-state index contributed by atoms with van der Waals surface area (Å²) >= 11 is 0. The molecular weight excluding hydrogens is 471 g/mol. The quantitative estimate of drug-likeness (QED) is 0.532. The molecule has 2 amide bonds. The number of nitrogens with one attached hydrogen (secondary N) is 2. The highest BCUT2D eigenvalue weighted by molar-refractivity contribution is 6.00. The first kappa shape index (κ1) is 24.8. The van der Waals surface area contributed by atoms with Crippen molar-refractivity contribution in [3.63, 3.8) is 0 Å². The van der Waals surface area contributed by atoms with Crippen molar-refractivity contribution < 1.29 is 32.7 Å². The average Bonchev–Trinajstić information content (AvgIpc) is 3.03. The van der Waals surface area contributed by atoms with Gasteiger partial charge in [0.05, 0.1) is 16.7 Å². The molecule has 1 aromatic carbocycles. The molecular formula is C22H26F3N5O5. The Balaban J connectivity index is 0.000000364. The van der Waals surface area contributed by atoms with Gasteiger partial charge in [-0.1, -0.05) is 6.07 Å². The number of aromatic nitrogens is 2. The molecule has 1 spiro atoms. The third-order valence-electron chi connectivity index (χ3n) is 7.01. The Labute approximate surface area is 197 Å². The lowest BCUT2D eigenvalue weighted by Crippen LogP contribution is -2.58. The number of carboxylic acid groups (broad SMARTS) is 1. The Morgan fingerprint density at radius 2 is 1.77 bits per heavy atom. The molecule has 1 atom stereocenters. The van der Waals surface area contributed by atoms with Crippen LogP contribution in [0.15, 0.2) is 23.0 Å². The number of aliphatic carboxylic acids is 1. The van der Waals surface area contributed by atoms with Crippen molar-refractivity contribution >= 4 is 34.5 Å². The highest BCUT2D eigenvalue weighted by Gasteiger charge is 2.40. The van der Waals surface area contributed by atoms with Gasteiger partial charge < -0.3 is 15.3 Å². The lowest BCUT2D eigenvalue weighted by atomic mass is 9.73. The van der Waals surface area contributed by atoms with E-state index < -0.39 is 24.1 Å². The van der Waals surface area contributed by atoms with Crippen molar-refractivity contribution in [2.24, 2.45) is 12.5 Å². The van der Waals surface area contributed by atoms with Gasteiger partial charge in [0.25, 0.3) is 0 Å². The fourth-order valence-electron chi connectivity index (χ4n) is 4.96. The zero-order valence-electron chi connectivity index (χ0n) is 19.0. The number of hydrogen-bond donors (Lipinski definition) is 3. The van der Waals surface area contributed by atoms with E-state index in [1.54, 1.807) is 16.2 Å². The number of aryl methyl sites for hydroxylation is 1. The number of hydrogen-bond acceptors (Lipinski definition) is 6. The van der Waals surface area contributed by atoms with Crippen molar-refractivity contribution in [2.45, 2.75) is 37.9 Å². The predicted molar refractivity (Wildman–Crippen MR) is 119 cm³/mol. The standard InChI is InChI=1S/C20H25N5O3.C2HF3O2/c1-23-17-13(24-9-7-20(8-10-24)11-21-12-20)3-2-4-14(17)25(19(23)28)15-5-6-16(26)22-18(15)27;3-2(4,5)1(6)7/h2-4,15,21H,5-12H2,1H3,(H,22,26,27);(H,6,7). The lowest BCUT2D eigenvalue weighted by Gasteiger charge is -2.49. The van der Waals surface area contributed by atoms with Crippen LogP contribution in [0, 0.1) is 5.41 Å². The summed E-state index contributed by atoms with van der Waals surface area (Å²) in [4.78, 5) is 48.2. The molecule has 3 aliphatic heterocycles. The average molecular weight is 497 g/mol. The number of anilines is 1. The summed E-state index contributed by atoms with van der Waals surface area (Å²) in [7, 11) is 1.76. The van der Waals surface area contributed by atoms with Gasteiger partial charge in [-0.05, 0) is 36.8 Å². The number of nitrogens with zero attached hydrogens (tertiary/aromatic N) is 3. The first-order chi connectivity index (χ1) is 16.4. The normalized spacial score (nSPS) is 21.8.